The molecule has 8 heteroatoms. The fourth-order valence-corrected chi connectivity index (χ4v) is 3.06. The van der Waals surface area contributed by atoms with E-state index < -0.39 is 17.9 Å². The van der Waals surface area contributed by atoms with Crippen molar-refractivity contribution >= 4 is 34.6 Å². The molecule has 0 saturated carbocycles. The van der Waals surface area contributed by atoms with Crippen molar-refractivity contribution < 1.29 is 24.6 Å². The summed E-state index contributed by atoms with van der Waals surface area (Å²) in [7, 11) is 0. The minimum absolute atomic E-state index is 0.0377. The minimum atomic E-state index is -1.05. The highest BCUT2D eigenvalue weighted by Crippen LogP contribution is 2.22. The van der Waals surface area contributed by atoms with Crippen LogP contribution in [0.2, 0.25) is 0 Å². The number of hydrogen-bond donors (Lipinski definition) is 3. The van der Waals surface area contributed by atoms with E-state index in [-0.39, 0.29) is 18.7 Å². The number of carbonyl (C=O) groups is 3. The topological polar surface area (TPSA) is 143 Å². The Morgan fingerprint density at radius 1 is 0.933 bits per heavy atom. The van der Waals surface area contributed by atoms with Gasteiger partial charge in [0.05, 0.1) is 22.7 Å². The summed E-state index contributed by atoms with van der Waals surface area (Å²) in [6.45, 7) is 0. The number of fused-ring (bicyclic) bond motifs is 2. The molecule has 3 aromatic rings. The van der Waals surface area contributed by atoms with Crippen molar-refractivity contribution in [3.8, 4) is 0 Å². The van der Waals surface area contributed by atoms with Gasteiger partial charge in [0.15, 0.2) is 0 Å². The summed E-state index contributed by atoms with van der Waals surface area (Å²) in [5.41, 5.74) is 7.92. The highest BCUT2D eigenvalue weighted by atomic mass is 16.4. The van der Waals surface area contributed by atoms with E-state index in [2.05, 4.69) is 9.98 Å². The van der Waals surface area contributed by atoms with Crippen molar-refractivity contribution in [3.05, 3.63) is 77.5 Å². The molecule has 30 heavy (non-hydrogen) atoms. The first-order valence-electron chi connectivity index (χ1n) is 9.15. The molecule has 0 radical (unpaired) electrons. The van der Waals surface area contributed by atoms with E-state index in [0.717, 1.165) is 10.9 Å². The second-order valence-corrected chi connectivity index (χ2v) is 6.60. The molecule has 8 nitrogen and oxygen atoms in total. The number of aromatic nitrogens is 1. The zero-order valence-corrected chi connectivity index (χ0v) is 15.9. The molecule has 2 aromatic carbocycles. The number of carboxylic acid groups (broad SMARTS) is 2. The van der Waals surface area contributed by atoms with E-state index in [1.54, 1.807) is 36.4 Å². The molecule has 1 aromatic heterocycles. The lowest BCUT2D eigenvalue weighted by molar-refractivity contribution is -0.140. The Bertz CT molecular complexity index is 1160. The highest BCUT2D eigenvalue weighted by molar-refractivity contribution is 6.19. The van der Waals surface area contributed by atoms with Gasteiger partial charge in [0.2, 0.25) is 0 Å². The maximum Gasteiger partial charge on any atom is 0.312 e. The van der Waals surface area contributed by atoms with Crippen LogP contribution in [0.3, 0.4) is 0 Å². The Morgan fingerprint density at radius 2 is 1.60 bits per heavy atom. The molecule has 0 fully saturated rings. The number of pyridine rings is 1. The monoisotopic (exact) mass is 405 g/mol. The largest absolute Gasteiger partial charge is 0.481 e. The van der Waals surface area contributed by atoms with E-state index in [4.69, 9.17) is 10.8 Å². The summed E-state index contributed by atoms with van der Waals surface area (Å²) in [5.74, 6) is -2.86. The third-order valence-corrected chi connectivity index (χ3v) is 4.58. The van der Waals surface area contributed by atoms with Crippen molar-refractivity contribution in [1.82, 2.24) is 4.98 Å². The van der Waals surface area contributed by atoms with Gasteiger partial charge in [-0.1, -0.05) is 42.5 Å². The molecule has 0 spiro atoms. The van der Waals surface area contributed by atoms with Gasteiger partial charge >= 0.3 is 11.9 Å². The number of carbonyl (C=O) groups excluding carboxylic acids is 1. The Hall–Kier alpha value is -4.07. The van der Waals surface area contributed by atoms with Gasteiger partial charge in [-0.3, -0.25) is 19.4 Å². The molecule has 1 atom stereocenters. The maximum atomic E-state index is 11.2. The normalized spacial score (nSPS) is 13.1. The summed E-state index contributed by atoms with van der Waals surface area (Å²) >= 11 is 0. The standard InChI is InChI=1S/C14H13NO4.C8H6N2O/c16-13(17)8-6-10(14(18)19)12-7-5-9-3-1-2-4-11(9)15-12;9-7-5-3-1-2-4-6(5)8(11)10-7/h1-5,7,10H,6,8H2,(H,16,17)(H,18,19);1-4H,(H2,9,10,11). The zero-order chi connectivity index (χ0) is 21.7. The zero-order valence-electron chi connectivity index (χ0n) is 15.9. The predicted octanol–water partition coefficient (Wildman–Crippen LogP) is 2.81. The average Bonchev–Trinajstić information content (AvgIpc) is 3.02. The van der Waals surface area contributed by atoms with Gasteiger partial charge in [-0.05, 0) is 24.6 Å². The number of nitrogens with zero attached hydrogens (tertiary/aromatic N) is 2. The molecule has 4 rings (SSSR count). The van der Waals surface area contributed by atoms with Crippen molar-refractivity contribution in [1.29, 1.82) is 0 Å². The van der Waals surface area contributed by atoms with Crippen LogP contribution >= 0.6 is 0 Å². The molecule has 152 valence electrons. The molecular formula is C22H19N3O5. The van der Waals surface area contributed by atoms with Crippen LogP contribution in [0.1, 0.15) is 40.4 Å². The Balaban J connectivity index is 0.000000196. The van der Waals surface area contributed by atoms with Gasteiger partial charge in [-0.15, -0.1) is 0 Å². The Kier molecular flexibility index (Phi) is 6.17. The number of benzene rings is 2. The second-order valence-electron chi connectivity index (χ2n) is 6.60. The number of carboxylic acids is 2. The third-order valence-electron chi connectivity index (χ3n) is 4.58. The Labute approximate surface area is 171 Å². The first-order valence-corrected chi connectivity index (χ1v) is 9.15. The summed E-state index contributed by atoms with van der Waals surface area (Å²) in [5, 5.41) is 18.8. The summed E-state index contributed by atoms with van der Waals surface area (Å²) in [6.07, 6.45) is -0.151. The SMILES string of the molecule is NC1=NC(=O)c2ccccc21.O=C(O)CCC(C(=O)O)c1ccc2ccccc2n1. The van der Waals surface area contributed by atoms with Crippen LogP contribution in [0.25, 0.3) is 10.9 Å². The van der Waals surface area contributed by atoms with Gasteiger partial charge in [0, 0.05) is 17.4 Å². The van der Waals surface area contributed by atoms with E-state index >= 15 is 0 Å². The predicted molar refractivity (Wildman–Crippen MR) is 110 cm³/mol. The van der Waals surface area contributed by atoms with Crippen LogP contribution in [0.5, 0.6) is 0 Å². The number of hydrogen-bond acceptors (Lipinski definition) is 5. The van der Waals surface area contributed by atoms with Gasteiger partial charge < -0.3 is 15.9 Å². The number of rotatable bonds is 5. The van der Waals surface area contributed by atoms with Crippen LogP contribution < -0.4 is 5.73 Å². The number of para-hydroxylation sites is 1. The molecular weight excluding hydrogens is 386 g/mol. The molecule has 1 aliphatic rings. The number of amides is 1. The Morgan fingerprint density at radius 3 is 2.27 bits per heavy atom. The first-order chi connectivity index (χ1) is 14.4. The smallest absolute Gasteiger partial charge is 0.312 e. The van der Waals surface area contributed by atoms with Crippen LogP contribution in [0, 0.1) is 0 Å². The van der Waals surface area contributed by atoms with Crippen molar-refractivity contribution in [2.24, 2.45) is 10.7 Å². The first kappa shape index (κ1) is 20.7. The van der Waals surface area contributed by atoms with E-state index in [9.17, 15) is 19.5 Å². The van der Waals surface area contributed by atoms with Crippen LogP contribution in [-0.4, -0.2) is 38.9 Å². The second kappa shape index (κ2) is 8.95. The lowest BCUT2D eigenvalue weighted by atomic mass is 9.98. The molecule has 1 aliphatic heterocycles. The number of amidine groups is 1. The van der Waals surface area contributed by atoms with Gasteiger partial charge in [-0.2, -0.15) is 4.99 Å². The van der Waals surface area contributed by atoms with Crippen LogP contribution in [0.15, 0.2) is 65.7 Å². The van der Waals surface area contributed by atoms with E-state index in [1.165, 1.54) is 0 Å². The summed E-state index contributed by atoms with van der Waals surface area (Å²) in [6, 6.07) is 18.0. The van der Waals surface area contributed by atoms with Crippen molar-refractivity contribution in [2.75, 3.05) is 0 Å². The van der Waals surface area contributed by atoms with Gasteiger partial charge in [0.1, 0.15) is 5.84 Å². The molecule has 1 amide bonds. The molecule has 1 unspecified atom stereocenters. The average molecular weight is 405 g/mol. The summed E-state index contributed by atoms with van der Waals surface area (Å²) in [4.78, 5) is 40.7. The maximum absolute atomic E-state index is 11.2. The quantitative estimate of drug-likeness (QED) is 0.592. The lowest BCUT2D eigenvalue weighted by Crippen LogP contribution is -2.14. The molecule has 2 heterocycles. The van der Waals surface area contributed by atoms with Gasteiger partial charge in [-0.25, -0.2) is 0 Å². The van der Waals surface area contributed by atoms with E-state index in [1.807, 2.05) is 24.3 Å². The summed E-state index contributed by atoms with van der Waals surface area (Å²) < 4.78 is 0. The molecule has 0 bridgehead atoms. The minimum Gasteiger partial charge on any atom is -0.481 e. The fourth-order valence-electron chi connectivity index (χ4n) is 3.06. The molecule has 0 aliphatic carbocycles. The van der Waals surface area contributed by atoms with Crippen molar-refractivity contribution in [3.63, 3.8) is 0 Å². The molecule has 4 N–H and O–H groups in total. The highest BCUT2D eigenvalue weighted by Gasteiger charge is 2.22. The third kappa shape index (κ3) is 4.67. The lowest BCUT2D eigenvalue weighted by Gasteiger charge is -2.11. The fraction of sp³-hybridized carbons (Fsp3) is 0.136. The van der Waals surface area contributed by atoms with Crippen LogP contribution in [-0.2, 0) is 9.59 Å². The van der Waals surface area contributed by atoms with Crippen molar-refractivity contribution in [2.45, 2.75) is 18.8 Å². The van der Waals surface area contributed by atoms with Gasteiger partial charge in [0.25, 0.3) is 5.91 Å². The van der Waals surface area contributed by atoms with Crippen LogP contribution in [0.4, 0.5) is 0 Å². The number of nitrogens with two attached hydrogens (primary N) is 1. The number of aliphatic carboxylic acids is 2. The van der Waals surface area contributed by atoms with E-state index in [0.29, 0.717) is 22.6 Å². The molecule has 0 saturated heterocycles. The number of aliphatic imine (C=N–C) groups is 1.